The van der Waals surface area contributed by atoms with Gasteiger partial charge in [-0.1, -0.05) is 24.3 Å². The van der Waals surface area contributed by atoms with Crippen LogP contribution in [0.1, 0.15) is 45.2 Å². The molecule has 1 fully saturated rings. The van der Waals surface area contributed by atoms with E-state index in [0.717, 1.165) is 24.2 Å². The maximum atomic E-state index is 12.3. The molecule has 1 atom stereocenters. The molecule has 140 valence electrons. The molecule has 6 heteroatoms. The maximum absolute atomic E-state index is 12.3. The third-order valence-corrected chi connectivity index (χ3v) is 4.50. The van der Waals surface area contributed by atoms with Gasteiger partial charge in [0.1, 0.15) is 12.0 Å². The average molecular weight is 367 g/mol. The highest BCUT2D eigenvalue weighted by atomic mass is 16.5. The normalized spacial score (nSPS) is 14.1. The first-order valence-electron chi connectivity index (χ1n) is 8.76. The Morgan fingerprint density at radius 1 is 1.11 bits per heavy atom. The molecule has 1 aliphatic rings. The summed E-state index contributed by atoms with van der Waals surface area (Å²) in [5, 5.41) is 2.95. The Morgan fingerprint density at radius 3 is 2.33 bits per heavy atom. The van der Waals surface area contributed by atoms with E-state index in [1.807, 2.05) is 24.3 Å². The predicted molar refractivity (Wildman–Crippen MR) is 98.7 cm³/mol. The van der Waals surface area contributed by atoms with Crippen LogP contribution in [-0.4, -0.2) is 31.9 Å². The Balaban J connectivity index is 1.56. The van der Waals surface area contributed by atoms with Crippen LogP contribution in [0.4, 0.5) is 0 Å². The number of hydrogen-bond acceptors (Lipinski definition) is 5. The van der Waals surface area contributed by atoms with E-state index in [2.05, 4.69) is 5.32 Å². The largest absolute Gasteiger partial charge is 0.497 e. The minimum atomic E-state index is -0.602. The minimum absolute atomic E-state index is 0.103. The van der Waals surface area contributed by atoms with Crippen LogP contribution in [0.5, 0.6) is 5.75 Å². The van der Waals surface area contributed by atoms with Gasteiger partial charge in [-0.3, -0.25) is 9.59 Å². The Labute approximate surface area is 157 Å². The topological polar surface area (TPSA) is 81.7 Å². The van der Waals surface area contributed by atoms with Gasteiger partial charge in [-0.25, -0.2) is 4.79 Å². The number of methoxy groups -OCH3 is 1. The SMILES string of the molecule is COc1ccc(C(NC(=O)COC(=O)c2ccc(C=O)cc2)C2CC2)cc1. The van der Waals surface area contributed by atoms with Crippen LogP contribution in [0.3, 0.4) is 0 Å². The van der Waals surface area contributed by atoms with Crippen molar-refractivity contribution in [1.82, 2.24) is 5.32 Å². The van der Waals surface area contributed by atoms with E-state index >= 15 is 0 Å². The number of hydrogen-bond donors (Lipinski definition) is 1. The van der Waals surface area contributed by atoms with Crippen LogP contribution < -0.4 is 10.1 Å². The summed E-state index contributed by atoms with van der Waals surface area (Å²) < 4.78 is 10.2. The molecule has 3 rings (SSSR count). The lowest BCUT2D eigenvalue weighted by molar-refractivity contribution is -0.125. The molecule has 27 heavy (non-hydrogen) atoms. The van der Waals surface area contributed by atoms with Crippen LogP contribution in [0.25, 0.3) is 0 Å². The van der Waals surface area contributed by atoms with E-state index in [-0.39, 0.29) is 18.6 Å². The van der Waals surface area contributed by atoms with E-state index in [9.17, 15) is 14.4 Å². The fourth-order valence-corrected chi connectivity index (χ4v) is 2.84. The Morgan fingerprint density at radius 2 is 1.78 bits per heavy atom. The van der Waals surface area contributed by atoms with Crippen molar-refractivity contribution in [2.24, 2.45) is 5.92 Å². The van der Waals surface area contributed by atoms with Crippen molar-refractivity contribution in [3.8, 4) is 5.75 Å². The van der Waals surface area contributed by atoms with Crippen molar-refractivity contribution in [3.63, 3.8) is 0 Å². The highest BCUT2D eigenvalue weighted by Crippen LogP contribution is 2.41. The van der Waals surface area contributed by atoms with Gasteiger partial charge in [0.05, 0.1) is 18.7 Å². The molecule has 1 N–H and O–H groups in total. The van der Waals surface area contributed by atoms with Crippen LogP contribution in [0, 0.1) is 5.92 Å². The highest BCUT2D eigenvalue weighted by Gasteiger charge is 2.33. The molecule has 0 saturated heterocycles. The van der Waals surface area contributed by atoms with E-state index in [1.165, 1.54) is 24.3 Å². The maximum Gasteiger partial charge on any atom is 0.338 e. The number of carbonyl (C=O) groups is 3. The van der Waals surface area contributed by atoms with Crippen LogP contribution >= 0.6 is 0 Å². The summed E-state index contributed by atoms with van der Waals surface area (Å²) in [5.74, 6) is 0.207. The van der Waals surface area contributed by atoms with Crippen molar-refractivity contribution >= 4 is 18.2 Å². The molecule has 1 amide bonds. The van der Waals surface area contributed by atoms with Gasteiger partial charge in [-0.15, -0.1) is 0 Å². The van der Waals surface area contributed by atoms with E-state index in [4.69, 9.17) is 9.47 Å². The van der Waals surface area contributed by atoms with Crippen LogP contribution in [0.2, 0.25) is 0 Å². The van der Waals surface area contributed by atoms with Gasteiger partial charge in [-0.05, 0) is 48.6 Å². The van der Waals surface area contributed by atoms with E-state index in [1.54, 1.807) is 7.11 Å². The second-order valence-corrected chi connectivity index (χ2v) is 6.47. The number of ether oxygens (including phenoxy) is 2. The first kappa shape index (κ1) is 18.6. The summed E-state index contributed by atoms with van der Waals surface area (Å²) >= 11 is 0. The van der Waals surface area contributed by atoms with Gasteiger partial charge in [0.15, 0.2) is 6.61 Å². The minimum Gasteiger partial charge on any atom is -0.497 e. The zero-order valence-corrected chi connectivity index (χ0v) is 15.0. The molecule has 0 spiro atoms. The molecule has 2 aromatic rings. The zero-order chi connectivity index (χ0) is 19.2. The average Bonchev–Trinajstić information content (AvgIpc) is 3.55. The van der Waals surface area contributed by atoms with E-state index in [0.29, 0.717) is 23.3 Å². The Bertz CT molecular complexity index is 809. The lowest BCUT2D eigenvalue weighted by Crippen LogP contribution is -2.33. The molecule has 0 radical (unpaired) electrons. The fraction of sp³-hybridized carbons (Fsp3) is 0.286. The number of benzene rings is 2. The third kappa shape index (κ3) is 4.94. The third-order valence-electron chi connectivity index (χ3n) is 4.50. The lowest BCUT2D eigenvalue weighted by Gasteiger charge is -2.19. The quantitative estimate of drug-likeness (QED) is 0.573. The highest BCUT2D eigenvalue weighted by molar-refractivity contribution is 5.92. The molecule has 2 aromatic carbocycles. The summed E-state index contributed by atoms with van der Waals surface area (Å²) in [7, 11) is 1.61. The molecule has 0 bridgehead atoms. The number of aldehydes is 1. The molecule has 6 nitrogen and oxygen atoms in total. The smallest absolute Gasteiger partial charge is 0.338 e. The first-order chi connectivity index (χ1) is 13.1. The number of esters is 1. The first-order valence-corrected chi connectivity index (χ1v) is 8.76. The van der Waals surface area contributed by atoms with Crippen molar-refractivity contribution in [2.75, 3.05) is 13.7 Å². The molecule has 0 aliphatic heterocycles. The predicted octanol–water partition coefficient (Wildman–Crippen LogP) is 2.93. The van der Waals surface area contributed by atoms with Crippen LogP contribution in [-0.2, 0) is 9.53 Å². The van der Waals surface area contributed by atoms with Crippen molar-refractivity contribution in [1.29, 1.82) is 0 Å². The van der Waals surface area contributed by atoms with Gasteiger partial charge < -0.3 is 14.8 Å². The molecule has 1 aliphatic carbocycles. The number of nitrogens with one attached hydrogen (secondary N) is 1. The van der Waals surface area contributed by atoms with Gasteiger partial charge in [0.2, 0.25) is 0 Å². The van der Waals surface area contributed by atoms with Gasteiger partial charge in [-0.2, -0.15) is 0 Å². The lowest BCUT2D eigenvalue weighted by atomic mass is 10.0. The monoisotopic (exact) mass is 367 g/mol. The summed E-state index contributed by atoms with van der Waals surface area (Å²) in [6.07, 6.45) is 2.80. The Hall–Kier alpha value is -3.15. The Kier molecular flexibility index (Phi) is 5.86. The molecule has 0 aromatic heterocycles. The van der Waals surface area contributed by atoms with Crippen molar-refractivity contribution < 1.29 is 23.9 Å². The fourth-order valence-electron chi connectivity index (χ4n) is 2.84. The van der Waals surface area contributed by atoms with Gasteiger partial charge >= 0.3 is 5.97 Å². The molecular formula is C21H21NO5. The summed E-state index contributed by atoms with van der Waals surface area (Å²) in [4.78, 5) is 34.9. The van der Waals surface area contributed by atoms with Crippen molar-refractivity contribution in [3.05, 3.63) is 65.2 Å². The standard InChI is InChI=1S/C21H21NO5/c1-26-18-10-8-16(9-11-18)20(15-6-7-15)22-19(24)13-27-21(25)17-4-2-14(12-23)3-5-17/h2-5,8-12,15,20H,6-7,13H2,1H3,(H,22,24). The second-order valence-electron chi connectivity index (χ2n) is 6.47. The van der Waals surface area contributed by atoms with Gasteiger partial charge in [0, 0.05) is 5.56 Å². The van der Waals surface area contributed by atoms with E-state index < -0.39 is 5.97 Å². The molecule has 0 heterocycles. The zero-order valence-electron chi connectivity index (χ0n) is 15.0. The number of amides is 1. The van der Waals surface area contributed by atoms with Gasteiger partial charge in [0.25, 0.3) is 5.91 Å². The number of rotatable bonds is 8. The second kappa shape index (κ2) is 8.49. The van der Waals surface area contributed by atoms with Crippen molar-refractivity contribution in [2.45, 2.75) is 18.9 Å². The summed E-state index contributed by atoms with van der Waals surface area (Å²) in [5.41, 5.74) is 1.76. The number of carbonyl (C=O) groups excluding carboxylic acids is 3. The van der Waals surface area contributed by atoms with Crippen LogP contribution in [0.15, 0.2) is 48.5 Å². The summed E-state index contributed by atoms with van der Waals surface area (Å²) in [6, 6.07) is 13.5. The molecule has 1 saturated carbocycles. The molecule has 1 unspecified atom stereocenters. The molecular weight excluding hydrogens is 346 g/mol. The summed E-state index contributed by atoms with van der Waals surface area (Å²) in [6.45, 7) is -0.354.